The van der Waals surface area contributed by atoms with E-state index < -0.39 is 4.33 Å². The van der Waals surface area contributed by atoms with E-state index in [0.717, 1.165) is 23.1 Å². The normalized spacial score (nSPS) is 17.4. The van der Waals surface area contributed by atoms with Crippen LogP contribution in [0.3, 0.4) is 0 Å². The number of Topliss-reactive ketones (excluding diaryl/α,β-unsaturated/α-hetero) is 1. The van der Waals surface area contributed by atoms with Crippen molar-refractivity contribution in [2.24, 2.45) is 0 Å². The summed E-state index contributed by atoms with van der Waals surface area (Å²) in [6.45, 7) is 0. The number of fused-ring (bicyclic) bond motifs is 5. The summed E-state index contributed by atoms with van der Waals surface area (Å²) in [4.78, 5) is 13.3. The number of benzene rings is 6. The Balaban J connectivity index is 1.43. The quantitative estimate of drug-likeness (QED) is 0.105. The van der Waals surface area contributed by atoms with E-state index in [1.54, 1.807) is 6.08 Å². The van der Waals surface area contributed by atoms with E-state index in [1.807, 2.05) is 0 Å². The standard InChI is InChI=1S/C34H17Cl3O/c35-28-15-26-25-12-11-24-21-7-5-17-13-16-3-1-2-4-19(16)20-9-10-23(31(21)29(17)20)22-8-6-18(30(25)32(22)24)14-27(26)33(38)34(28,36)37/h1-12,15H,13-14H2. The Morgan fingerprint density at radius 1 is 0.579 bits per heavy atom. The maximum atomic E-state index is 13.3. The van der Waals surface area contributed by atoms with Crippen LogP contribution in [0.15, 0.2) is 89.5 Å². The monoisotopic (exact) mass is 546 g/mol. The van der Waals surface area contributed by atoms with Gasteiger partial charge in [0.25, 0.3) is 0 Å². The van der Waals surface area contributed by atoms with Crippen molar-refractivity contribution >= 4 is 89.2 Å². The van der Waals surface area contributed by atoms with Crippen LogP contribution in [0.4, 0.5) is 0 Å². The van der Waals surface area contributed by atoms with Gasteiger partial charge in [-0.25, -0.2) is 0 Å². The fourth-order valence-electron chi connectivity index (χ4n) is 7.25. The van der Waals surface area contributed by atoms with Gasteiger partial charge in [-0.05, 0) is 94.5 Å². The molecule has 6 aromatic rings. The first kappa shape index (κ1) is 21.6. The lowest BCUT2D eigenvalue weighted by atomic mass is 9.75. The molecule has 0 spiro atoms. The number of alkyl halides is 2. The molecular formula is C34H17Cl3O. The summed E-state index contributed by atoms with van der Waals surface area (Å²) in [5, 5.41) is 10.3. The van der Waals surface area contributed by atoms with Crippen LogP contribution in [-0.4, -0.2) is 10.1 Å². The Labute approximate surface area is 233 Å². The first-order valence-corrected chi connectivity index (χ1v) is 13.9. The minimum atomic E-state index is -1.73. The zero-order valence-electron chi connectivity index (χ0n) is 20.0. The summed E-state index contributed by atoms with van der Waals surface area (Å²) < 4.78 is -1.73. The third-order valence-electron chi connectivity index (χ3n) is 8.88. The molecule has 4 heteroatoms. The summed E-state index contributed by atoms with van der Waals surface area (Å²) in [6, 6.07) is 26.7. The second kappa shape index (κ2) is 6.98. The molecule has 3 aliphatic carbocycles. The number of rotatable bonds is 0. The van der Waals surface area contributed by atoms with Crippen molar-refractivity contribution < 1.29 is 4.79 Å². The minimum absolute atomic E-state index is 0.151. The van der Waals surface area contributed by atoms with E-state index in [-0.39, 0.29) is 10.8 Å². The first-order chi connectivity index (χ1) is 18.4. The Kier molecular flexibility index (Phi) is 3.96. The molecular weight excluding hydrogens is 531 g/mol. The average Bonchev–Trinajstić information content (AvgIpc) is 2.94. The lowest BCUT2D eigenvalue weighted by Crippen LogP contribution is -2.33. The maximum absolute atomic E-state index is 13.3. The topological polar surface area (TPSA) is 17.1 Å². The van der Waals surface area contributed by atoms with Gasteiger partial charge >= 0.3 is 0 Å². The highest BCUT2D eigenvalue weighted by atomic mass is 35.5. The molecule has 3 aliphatic rings. The van der Waals surface area contributed by atoms with Gasteiger partial charge in [0, 0.05) is 12.0 Å². The Hall–Kier alpha value is -3.36. The number of hydrogen-bond donors (Lipinski definition) is 0. The summed E-state index contributed by atoms with van der Waals surface area (Å²) in [5.41, 5.74) is 9.01. The molecule has 0 bridgehead atoms. The van der Waals surface area contributed by atoms with Gasteiger partial charge in [0.2, 0.25) is 10.1 Å². The van der Waals surface area contributed by atoms with Gasteiger partial charge in [-0.15, -0.1) is 0 Å². The SMILES string of the molecule is O=C1C2=C(C=C(Cl)C1(Cl)Cl)c1ccc3c4ccc5c6c(ccc(c7ccc(c1c37)C2)c64)-c1ccccc1C5. The maximum Gasteiger partial charge on any atom is 0.215 e. The molecule has 6 aromatic carbocycles. The number of halogens is 3. The van der Waals surface area contributed by atoms with Gasteiger partial charge in [0.15, 0.2) is 0 Å². The number of carbonyl (C=O) groups is 1. The van der Waals surface area contributed by atoms with Crippen LogP contribution < -0.4 is 0 Å². The predicted octanol–water partition coefficient (Wildman–Crippen LogP) is 9.50. The molecule has 0 atom stereocenters. The predicted molar refractivity (Wildman–Crippen MR) is 160 cm³/mol. The highest BCUT2D eigenvalue weighted by Crippen LogP contribution is 2.52. The van der Waals surface area contributed by atoms with E-state index in [2.05, 4.69) is 72.8 Å². The van der Waals surface area contributed by atoms with Crippen LogP contribution in [0, 0.1) is 0 Å². The second-order valence-corrected chi connectivity index (χ2v) is 12.4. The van der Waals surface area contributed by atoms with Crippen LogP contribution in [0.2, 0.25) is 0 Å². The number of carbonyl (C=O) groups excluding carboxylic acids is 1. The van der Waals surface area contributed by atoms with Crippen molar-refractivity contribution in [2.45, 2.75) is 17.2 Å². The summed E-state index contributed by atoms with van der Waals surface area (Å²) in [7, 11) is 0. The minimum Gasteiger partial charge on any atom is -0.291 e. The van der Waals surface area contributed by atoms with Crippen LogP contribution in [0.5, 0.6) is 0 Å². The van der Waals surface area contributed by atoms with E-state index in [0.29, 0.717) is 12.0 Å². The highest BCUT2D eigenvalue weighted by Gasteiger charge is 2.44. The van der Waals surface area contributed by atoms with E-state index in [9.17, 15) is 4.79 Å². The Morgan fingerprint density at radius 2 is 1.16 bits per heavy atom. The van der Waals surface area contributed by atoms with Gasteiger partial charge in [0.1, 0.15) is 0 Å². The molecule has 0 heterocycles. The number of allylic oxidation sites excluding steroid dienone is 4. The van der Waals surface area contributed by atoms with E-state index >= 15 is 0 Å². The second-order valence-electron chi connectivity index (χ2n) is 10.7. The molecule has 9 rings (SSSR count). The highest BCUT2D eigenvalue weighted by molar-refractivity contribution is 6.67. The molecule has 0 N–H and O–H groups in total. The fourth-order valence-corrected chi connectivity index (χ4v) is 7.78. The van der Waals surface area contributed by atoms with Gasteiger partial charge in [0.05, 0.1) is 5.03 Å². The van der Waals surface area contributed by atoms with Crippen LogP contribution in [0.25, 0.3) is 59.8 Å². The van der Waals surface area contributed by atoms with E-state index in [1.165, 1.54) is 65.3 Å². The van der Waals surface area contributed by atoms with Crippen molar-refractivity contribution in [3.8, 4) is 11.1 Å². The van der Waals surface area contributed by atoms with Crippen molar-refractivity contribution in [2.75, 3.05) is 0 Å². The Bertz CT molecular complexity index is 2160. The van der Waals surface area contributed by atoms with Crippen molar-refractivity contribution in [3.05, 3.63) is 112 Å². The molecule has 1 nitrogen and oxygen atoms in total. The van der Waals surface area contributed by atoms with Gasteiger partial charge in [-0.1, -0.05) is 108 Å². The molecule has 0 saturated carbocycles. The fraction of sp³-hybridized carbons (Fsp3) is 0.0882. The summed E-state index contributed by atoms with van der Waals surface area (Å²) >= 11 is 19.2. The molecule has 0 fully saturated rings. The van der Waals surface area contributed by atoms with Gasteiger partial charge in [-0.2, -0.15) is 0 Å². The van der Waals surface area contributed by atoms with Gasteiger partial charge in [-0.3, -0.25) is 4.79 Å². The van der Waals surface area contributed by atoms with Crippen molar-refractivity contribution in [1.82, 2.24) is 0 Å². The molecule has 38 heavy (non-hydrogen) atoms. The average molecular weight is 548 g/mol. The van der Waals surface area contributed by atoms with Crippen LogP contribution in [0.1, 0.15) is 22.3 Å². The molecule has 0 saturated heterocycles. The van der Waals surface area contributed by atoms with Crippen molar-refractivity contribution in [3.63, 3.8) is 0 Å². The Morgan fingerprint density at radius 3 is 1.87 bits per heavy atom. The molecule has 0 radical (unpaired) electrons. The van der Waals surface area contributed by atoms with Crippen molar-refractivity contribution in [1.29, 1.82) is 0 Å². The zero-order valence-corrected chi connectivity index (χ0v) is 22.2. The lowest BCUT2D eigenvalue weighted by molar-refractivity contribution is -0.115. The third-order valence-corrected chi connectivity index (χ3v) is 10.2. The van der Waals surface area contributed by atoms with E-state index in [4.69, 9.17) is 34.8 Å². The summed E-state index contributed by atoms with van der Waals surface area (Å²) in [5.74, 6) is -0.327. The molecule has 0 unspecified atom stereocenters. The van der Waals surface area contributed by atoms with Crippen LogP contribution >= 0.6 is 34.8 Å². The van der Waals surface area contributed by atoms with Gasteiger partial charge < -0.3 is 0 Å². The number of ketones is 1. The smallest absolute Gasteiger partial charge is 0.215 e. The van der Waals surface area contributed by atoms with Crippen LogP contribution in [-0.2, 0) is 17.6 Å². The zero-order chi connectivity index (χ0) is 25.5. The third kappa shape index (κ3) is 2.44. The lowest BCUT2D eigenvalue weighted by Gasteiger charge is -2.31. The first-order valence-electron chi connectivity index (χ1n) is 12.7. The molecule has 180 valence electrons. The molecule has 0 aliphatic heterocycles. The molecule has 0 aromatic heterocycles. The summed E-state index contributed by atoms with van der Waals surface area (Å²) in [6.07, 6.45) is 3.22. The number of hydrogen-bond acceptors (Lipinski definition) is 1. The largest absolute Gasteiger partial charge is 0.291 e. The molecule has 0 amide bonds.